The monoisotopic (exact) mass is 838 g/mol. The van der Waals surface area contributed by atoms with Crippen molar-refractivity contribution in [1.82, 2.24) is 70.2 Å². The van der Waals surface area contributed by atoms with E-state index in [2.05, 4.69) is 82.4 Å². The lowest BCUT2D eigenvalue weighted by atomic mass is 10.2. The number of para-hydroxylation sites is 4. The van der Waals surface area contributed by atoms with E-state index < -0.39 is 0 Å². The van der Waals surface area contributed by atoms with E-state index in [1.165, 1.54) is 11.7 Å². The smallest absolute Gasteiger partial charge is 0.116 e. The predicted octanol–water partition coefficient (Wildman–Crippen LogP) is 9.64. The number of benzene rings is 4. The van der Waals surface area contributed by atoms with Gasteiger partial charge in [-0.1, -0.05) is 84.9 Å². The molecule has 312 valence electrons. The third-order valence-electron chi connectivity index (χ3n) is 7.76. The van der Waals surface area contributed by atoms with Crippen molar-refractivity contribution < 1.29 is 0 Å². The van der Waals surface area contributed by atoms with Crippen molar-refractivity contribution >= 4 is 43.6 Å². The average Bonchev–Trinajstić information content (AvgIpc) is 3.42. The molecule has 64 heavy (non-hydrogen) atoms. The van der Waals surface area contributed by atoms with Crippen molar-refractivity contribution in [3.63, 3.8) is 0 Å². The van der Waals surface area contributed by atoms with Gasteiger partial charge in [0.15, 0.2) is 0 Å². The molecule has 0 saturated heterocycles. The lowest BCUT2D eigenvalue weighted by Gasteiger charge is -1.91. The Labute approximate surface area is 370 Å². The van der Waals surface area contributed by atoms with Crippen molar-refractivity contribution in [3.8, 4) is 0 Å². The van der Waals surface area contributed by atoms with Crippen LogP contribution in [0.15, 0.2) is 257 Å². The van der Waals surface area contributed by atoms with Crippen LogP contribution in [0.4, 0.5) is 0 Å². The molecule has 0 amide bonds. The summed E-state index contributed by atoms with van der Waals surface area (Å²) in [6, 6.07) is 47.0. The maximum Gasteiger partial charge on any atom is 0.116 e. The molecule has 0 spiro atoms. The molecule has 12 aromatic rings. The zero-order valence-electron chi connectivity index (χ0n) is 34.5. The fourth-order valence-corrected chi connectivity index (χ4v) is 4.86. The van der Waals surface area contributed by atoms with Gasteiger partial charge in [-0.25, -0.2) is 19.9 Å². The van der Waals surface area contributed by atoms with Crippen LogP contribution in [0.25, 0.3) is 43.6 Å². The summed E-state index contributed by atoms with van der Waals surface area (Å²) in [6.07, 6.45) is 30.3. The number of aromatic nitrogens is 14. The summed E-state index contributed by atoms with van der Waals surface area (Å²) in [6.45, 7) is 0. The first-order chi connectivity index (χ1) is 31.9. The molecule has 0 bridgehead atoms. The summed E-state index contributed by atoms with van der Waals surface area (Å²) in [5, 5.41) is 19.2. The van der Waals surface area contributed by atoms with E-state index in [4.69, 9.17) is 0 Å². The minimum absolute atomic E-state index is 0.949. The lowest BCUT2D eigenvalue weighted by Crippen LogP contribution is -1.78. The maximum absolute atomic E-state index is 4.18. The summed E-state index contributed by atoms with van der Waals surface area (Å²) >= 11 is 0. The molecule has 0 N–H and O–H groups in total. The number of nitrogens with zero attached hydrogens (tertiary/aromatic N) is 14. The molecule has 12 rings (SSSR count). The van der Waals surface area contributed by atoms with E-state index in [1.54, 1.807) is 99.1 Å². The zero-order chi connectivity index (χ0) is 44.2. The SMILES string of the molecule is c1ccc2cnncc2c1.c1ccc2ncccc2c1.c1ccc2nccnc2c1.c1ccc2ncncc2c1.c1ccncc1.c1ccnnc1.c1cnccn1.c1cncnc1. The van der Waals surface area contributed by atoms with Gasteiger partial charge < -0.3 is 0 Å². The van der Waals surface area contributed by atoms with E-state index in [-0.39, 0.29) is 0 Å². The van der Waals surface area contributed by atoms with Crippen LogP contribution in [0.2, 0.25) is 0 Å². The standard InChI is InChI=1S/C9H7N.3C8H6N2.C5H5N.3C4H4N2/c1-2-6-9-8(4-1)5-3-7-10-9;1-2-4-8-7(3-1)5-9-6-10-8;1-2-4-8-6-10-9-5-7(8)3-1;1-2-4-8-7(3-1)9-5-6-10-8;1-2-4-6-5-3-1;1-2-6-4-3-5-1;1-2-5-4-6-3-1;1-2-4-6-5-3-1/h1-7H;3*1-6H;1-5H;3*1-4H. The van der Waals surface area contributed by atoms with Gasteiger partial charge in [-0.05, 0) is 60.7 Å². The second-order valence-corrected chi connectivity index (χ2v) is 12.2. The Bertz CT molecular complexity index is 2200. The van der Waals surface area contributed by atoms with Gasteiger partial charge in [0.1, 0.15) is 12.7 Å². The van der Waals surface area contributed by atoms with Crippen LogP contribution in [-0.4, -0.2) is 70.2 Å². The molecule has 0 aliphatic carbocycles. The summed E-state index contributed by atoms with van der Waals surface area (Å²) in [4.78, 5) is 39.0. The number of rotatable bonds is 0. The van der Waals surface area contributed by atoms with Crippen molar-refractivity contribution in [2.45, 2.75) is 0 Å². The maximum atomic E-state index is 4.18. The molecule has 0 unspecified atom stereocenters. The van der Waals surface area contributed by atoms with Crippen LogP contribution in [0.5, 0.6) is 0 Å². The third kappa shape index (κ3) is 18.7. The second kappa shape index (κ2) is 29.8. The van der Waals surface area contributed by atoms with E-state index in [0.29, 0.717) is 0 Å². The normalized spacial score (nSPS) is 9.25. The van der Waals surface area contributed by atoms with Crippen LogP contribution in [0.1, 0.15) is 0 Å². The Morgan fingerprint density at radius 1 is 0.203 bits per heavy atom. The topological polar surface area (TPSA) is 180 Å². The largest absolute Gasteiger partial charge is 0.265 e. The van der Waals surface area contributed by atoms with Crippen LogP contribution in [-0.2, 0) is 0 Å². The van der Waals surface area contributed by atoms with Crippen LogP contribution in [0.3, 0.4) is 0 Å². The highest BCUT2D eigenvalue weighted by molar-refractivity contribution is 5.80. The van der Waals surface area contributed by atoms with Gasteiger partial charge in [-0.2, -0.15) is 20.4 Å². The Kier molecular flexibility index (Phi) is 21.3. The van der Waals surface area contributed by atoms with Crippen molar-refractivity contribution in [3.05, 3.63) is 257 Å². The van der Waals surface area contributed by atoms with Gasteiger partial charge >= 0.3 is 0 Å². The summed E-state index contributed by atoms with van der Waals surface area (Å²) in [5.74, 6) is 0. The Morgan fingerprint density at radius 3 is 1.06 bits per heavy atom. The van der Waals surface area contributed by atoms with E-state index >= 15 is 0 Å². The lowest BCUT2D eigenvalue weighted by molar-refractivity contribution is 1.03. The van der Waals surface area contributed by atoms with E-state index in [0.717, 1.165) is 38.2 Å². The molecular formula is C50H42N14. The predicted molar refractivity (Wildman–Crippen MR) is 251 cm³/mol. The molecule has 0 radical (unpaired) electrons. The van der Waals surface area contributed by atoms with Crippen molar-refractivity contribution in [1.29, 1.82) is 0 Å². The van der Waals surface area contributed by atoms with Crippen LogP contribution >= 0.6 is 0 Å². The summed E-state index contributed by atoms with van der Waals surface area (Å²) < 4.78 is 0. The fourth-order valence-electron chi connectivity index (χ4n) is 4.86. The Morgan fingerprint density at radius 2 is 0.641 bits per heavy atom. The van der Waals surface area contributed by atoms with Crippen molar-refractivity contribution in [2.24, 2.45) is 0 Å². The first-order valence-electron chi connectivity index (χ1n) is 19.6. The quantitative estimate of drug-likeness (QED) is 0.141. The Hall–Kier alpha value is -9.30. The van der Waals surface area contributed by atoms with Gasteiger partial charge in [0.05, 0.1) is 34.5 Å². The molecule has 0 atom stereocenters. The van der Waals surface area contributed by atoms with Crippen molar-refractivity contribution in [2.75, 3.05) is 0 Å². The molecule has 4 aromatic carbocycles. The van der Waals surface area contributed by atoms with Gasteiger partial charge in [0, 0.05) is 108 Å². The molecule has 0 aliphatic rings. The first-order valence-corrected chi connectivity index (χ1v) is 19.6. The van der Waals surface area contributed by atoms with Gasteiger partial charge in [0.2, 0.25) is 0 Å². The number of pyridine rings is 2. The summed E-state index contributed by atoms with van der Waals surface area (Å²) in [7, 11) is 0. The number of hydrogen-bond acceptors (Lipinski definition) is 14. The average molecular weight is 839 g/mol. The highest BCUT2D eigenvalue weighted by Gasteiger charge is 1.90. The second-order valence-electron chi connectivity index (χ2n) is 12.2. The molecular weight excluding hydrogens is 797 g/mol. The van der Waals surface area contributed by atoms with Gasteiger partial charge in [-0.3, -0.25) is 29.9 Å². The molecule has 14 nitrogen and oxygen atoms in total. The molecule has 0 saturated carbocycles. The minimum atomic E-state index is 0.949. The van der Waals surface area contributed by atoms with E-state index in [1.807, 2.05) is 140 Å². The molecule has 0 aliphatic heterocycles. The molecule has 8 heterocycles. The third-order valence-corrected chi connectivity index (χ3v) is 7.76. The zero-order valence-corrected chi connectivity index (χ0v) is 34.5. The number of fused-ring (bicyclic) bond motifs is 4. The molecule has 14 heteroatoms. The number of hydrogen-bond donors (Lipinski definition) is 0. The van der Waals surface area contributed by atoms with Gasteiger partial charge in [0.25, 0.3) is 0 Å². The molecule has 0 fully saturated rings. The minimum Gasteiger partial charge on any atom is -0.265 e. The summed E-state index contributed by atoms with van der Waals surface area (Å²) in [5.41, 5.74) is 3.96. The highest BCUT2D eigenvalue weighted by Crippen LogP contribution is 2.09. The first kappa shape index (κ1) is 45.8. The molecule has 8 aromatic heterocycles. The Balaban J connectivity index is 0.000000139. The van der Waals surface area contributed by atoms with Gasteiger partial charge in [-0.15, -0.1) is 0 Å². The fraction of sp³-hybridized carbons (Fsp3) is 0. The van der Waals surface area contributed by atoms with Crippen LogP contribution in [0, 0.1) is 0 Å². The highest BCUT2D eigenvalue weighted by atomic mass is 15.1. The van der Waals surface area contributed by atoms with Crippen LogP contribution < -0.4 is 0 Å². The van der Waals surface area contributed by atoms with E-state index in [9.17, 15) is 0 Å².